The van der Waals surface area contributed by atoms with E-state index in [0.29, 0.717) is 5.56 Å². The SMILES string of the molecule is O=c1[nH]c(Nc2ccccc2)nc(O)c1-c1ccccc1. The number of hydrogen-bond donors (Lipinski definition) is 3. The Morgan fingerprint density at radius 1 is 0.952 bits per heavy atom. The Hall–Kier alpha value is -3.08. The van der Waals surface area contributed by atoms with Crippen molar-refractivity contribution in [1.82, 2.24) is 9.97 Å². The molecule has 0 saturated carbocycles. The number of aromatic amines is 1. The van der Waals surface area contributed by atoms with Crippen molar-refractivity contribution in [2.45, 2.75) is 0 Å². The summed E-state index contributed by atoms with van der Waals surface area (Å²) in [5.74, 6) is -0.105. The summed E-state index contributed by atoms with van der Waals surface area (Å²) in [6.07, 6.45) is 0. The maximum absolute atomic E-state index is 12.2. The lowest BCUT2D eigenvalue weighted by Gasteiger charge is -2.08. The fourth-order valence-electron chi connectivity index (χ4n) is 2.04. The van der Waals surface area contributed by atoms with E-state index in [0.717, 1.165) is 5.69 Å². The zero-order valence-corrected chi connectivity index (χ0v) is 11.1. The smallest absolute Gasteiger partial charge is 0.264 e. The summed E-state index contributed by atoms with van der Waals surface area (Å²) in [7, 11) is 0. The maximum atomic E-state index is 12.2. The second kappa shape index (κ2) is 5.50. The fraction of sp³-hybridized carbons (Fsp3) is 0. The number of nitrogens with zero attached hydrogens (tertiary/aromatic N) is 1. The van der Waals surface area contributed by atoms with Gasteiger partial charge in [-0.15, -0.1) is 0 Å². The first-order chi connectivity index (χ1) is 10.2. The first kappa shape index (κ1) is 12.9. The molecule has 0 amide bonds. The van der Waals surface area contributed by atoms with E-state index >= 15 is 0 Å². The highest BCUT2D eigenvalue weighted by Gasteiger charge is 2.12. The lowest BCUT2D eigenvalue weighted by Crippen LogP contribution is -2.13. The molecule has 3 aromatic rings. The van der Waals surface area contributed by atoms with Gasteiger partial charge in [-0.2, -0.15) is 4.98 Å². The minimum Gasteiger partial charge on any atom is -0.493 e. The van der Waals surface area contributed by atoms with Gasteiger partial charge in [0.25, 0.3) is 5.56 Å². The van der Waals surface area contributed by atoms with Crippen molar-refractivity contribution in [3.8, 4) is 17.0 Å². The van der Waals surface area contributed by atoms with Gasteiger partial charge in [-0.3, -0.25) is 9.78 Å². The number of para-hydroxylation sites is 1. The standard InChI is InChI=1S/C16H13N3O2/c20-14-13(11-7-3-1-4-8-11)15(21)19-16(18-14)17-12-9-5-2-6-10-12/h1-10H,(H3,17,18,19,20,21). The molecule has 0 radical (unpaired) electrons. The summed E-state index contributed by atoms with van der Waals surface area (Å²) in [6.45, 7) is 0. The number of anilines is 2. The van der Waals surface area contributed by atoms with Crippen LogP contribution in [0.3, 0.4) is 0 Å². The van der Waals surface area contributed by atoms with Crippen LogP contribution in [0.25, 0.3) is 11.1 Å². The van der Waals surface area contributed by atoms with Gasteiger partial charge in [0.2, 0.25) is 11.8 Å². The summed E-state index contributed by atoms with van der Waals surface area (Å²) in [6, 6.07) is 18.2. The minimum absolute atomic E-state index is 0.161. The Balaban J connectivity index is 1.99. The molecule has 104 valence electrons. The summed E-state index contributed by atoms with van der Waals surface area (Å²) in [5.41, 5.74) is 1.16. The van der Waals surface area contributed by atoms with Gasteiger partial charge in [0.05, 0.1) is 0 Å². The average molecular weight is 279 g/mol. The normalized spacial score (nSPS) is 10.3. The number of H-pyrrole nitrogens is 1. The molecule has 5 heteroatoms. The number of aromatic nitrogens is 2. The van der Waals surface area contributed by atoms with Crippen LogP contribution in [0.1, 0.15) is 0 Å². The quantitative estimate of drug-likeness (QED) is 0.689. The third-order valence-electron chi connectivity index (χ3n) is 3.00. The lowest BCUT2D eigenvalue weighted by atomic mass is 10.1. The van der Waals surface area contributed by atoms with E-state index in [1.165, 1.54) is 0 Å². The maximum Gasteiger partial charge on any atom is 0.264 e. The van der Waals surface area contributed by atoms with Gasteiger partial charge in [0.15, 0.2) is 0 Å². The summed E-state index contributed by atoms with van der Waals surface area (Å²) in [4.78, 5) is 18.8. The molecule has 21 heavy (non-hydrogen) atoms. The topological polar surface area (TPSA) is 78.0 Å². The molecule has 0 aliphatic heterocycles. The van der Waals surface area contributed by atoms with E-state index in [1.807, 2.05) is 36.4 Å². The summed E-state index contributed by atoms with van der Waals surface area (Å²) >= 11 is 0. The van der Waals surface area contributed by atoms with E-state index < -0.39 is 5.56 Å². The number of benzene rings is 2. The fourth-order valence-corrected chi connectivity index (χ4v) is 2.04. The number of hydrogen-bond acceptors (Lipinski definition) is 4. The first-order valence-electron chi connectivity index (χ1n) is 6.45. The van der Waals surface area contributed by atoms with Crippen LogP contribution in [0.15, 0.2) is 65.5 Å². The van der Waals surface area contributed by atoms with Crippen LogP contribution in [0, 0.1) is 0 Å². The lowest BCUT2D eigenvalue weighted by molar-refractivity contribution is 0.454. The second-order valence-electron chi connectivity index (χ2n) is 4.47. The Bertz CT molecular complexity index is 799. The third-order valence-corrected chi connectivity index (χ3v) is 3.00. The van der Waals surface area contributed by atoms with E-state index in [2.05, 4.69) is 15.3 Å². The molecular formula is C16H13N3O2. The molecule has 0 aliphatic rings. The summed E-state index contributed by atoms with van der Waals surface area (Å²) in [5, 5.41) is 13.0. The molecule has 0 atom stereocenters. The average Bonchev–Trinajstić information content (AvgIpc) is 2.49. The van der Waals surface area contributed by atoms with Crippen molar-refractivity contribution >= 4 is 11.6 Å². The molecular weight excluding hydrogens is 266 g/mol. The molecule has 0 spiro atoms. The molecule has 3 rings (SSSR count). The minimum atomic E-state index is -0.396. The second-order valence-corrected chi connectivity index (χ2v) is 4.47. The van der Waals surface area contributed by atoms with Crippen molar-refractivity contribution in [1.29, 1.82) is 0 Å². The van der Waals surface area contributed by atoms with E-state index in [9.17, 15) is 9.90 Å². The predicted octanol–water partition coefficient (Wildman–Crippen LogP) is 2.89. The molecule has 0 aliphatic carbocycles. The molecule has 0 fully saturated rings. The van der Waals surface area contributed by atoms with Crippen molar-refractivity contribution in [2.75, 3.05) is 5.32 Å². The van der Waals surface area contributed by atoms with E-state index in [4.69, 9.17) is 0 Å². The Morgan fingerprint density at radius 2 is 1.57 bits per heavy atom. The molecule has 0 unspecified atom stereocenters. The third kappa shape index (κ3) is 2.76. The monoisotopic (exact) mass is 279 g/mol. The molecule has 1 aromatic heterocycles. The van der Waals surface area contributed by atoms with E-state index in [1.54, 1.807) is 24.3 Å². The summed E-state index contributed by atoms with van der Waals surface area (Å²) < 4.78 is 0. The molecule has 1 heterocycles. The van der Waals surface area contributed by atoms with Crippen molar-refractivity contribution in [3.05, 3.63) is 71.0 Å². The Kier molecular flexibility index (Phi) is 3.39. The largest absolute Gasteiger partial charge is 0.493 e. The van der Waals surface area contributed by atoms with Crippen molar-refractivity contribution in [2.24, 2.45) is 0 Å². The van der Waals surface area contributed by atoms with Gasteiger partial charge in [0, 0.05) is 5.69 Å². The highest BCUT2D eigenvalue weighted by molar-refractivity contribution is 5.68. The van der Waals surface area contributed by atoms with Gasteiger partial charge in [-0.05, 0) is 17.7 Å². The van der Waals surface area contributed by atoms with Gasteiger partial charge in [-0.1, -0.05) is 48.5 Å². The van der Waals surface area contributed by atoms with Gasteiger partial charge < -0.3 is 10.4 Å². The van der Waals surface area contributed by atoms with Crippen LogP contribution in [-0.2, 0) is 0 Å². The number of aromatic hydroxyl groups is 1. The van der Waals surface area contributed by atoms with Crippen LogP contribution in [0.5, 0.6) is 5.88 Å². The highest BCUT2D eigenvalue weighted by atomic mass is 16.3. The number of nitrogens with one attached hydrogen (secondary N) is 2. The van der Waals surface area contributed by atoms with Gasteiger partial charge in [0.1, 0.15) is 5.56 Å². The molecule has 2 aromatic carbocycles. The predicted molar refractivity (Wildman–Crippen MR) is 81.7 cm³/mol. The molecule has 3 N–H and O–H groups in total. The van der Waals surface area contributed by atoms with Gasteiger partial charge in [-0.25, -0.2) is 0 Å². The van der Waals surface area contributed by atoms with Crippen molar-refractivity contribution < 1.29 is 5.11 Å². The van der Waals surface area contributed by atoms with Crippen LogP contribution in [-0.4, -0.2) is 15.1 Å². The highest BCUT2D eigenvalue weighted by Crippen LogP contribution is 2.24. The van der Waals surface area contributed by atoms with Crippen LogP contribution in [0.2, 0.25) is 0 Å². The molecule has 5 nitrogen and oxygen atoms in total. The molecule has 0 bridgehead atoms. The molecule has 0 saturated heterocycles. The Morgan fingerprint density at radius 3 is 2.19 bits per heavy atom. The van der Waals surface area contributed by atoms with Crippen LogP contribution >= 0.6 is 0 Å². The van der Waals surface area contributed by atoms with Gasteiger partial charge >= 0.3 is 0 Å². The van der Waals surface area contributed by atoms with Crippen LogP contribution in [0.4, 0.5) is 11.6 Å². The van der Waals surface area contributed by atoms with Crippen molar-refractivity contribution in [3.63, 3.8) is 0 Å². The first-order valence-corrected chi connectivity index (χ1v) is 6.45. The zero-order chi connectivity index (χ0) is 14.7. The van der Waals surface area contributed by atoms with E-state index in [-0.39, 0.29) is 17.4 Å². The van der Waals surface area contributed by atoms with Crippen LogP contribution < -0.4 is 10.9 Å². The number of rotatable bonds is 3. The Labute approximate surface area is 120 Å². The zero-order valence-electron chi connectivity index (χ0n) is 11.1.